The summed E-state index contributed by atoms with van der Waals surface area (Å²) in [5, 5.41) is 0. The Morgan fingerprint density at radius 3 is 2.80 bits per heavy atom. The molecule has 0 amide bonds. The number of hydrogen-bond acceptors (Lipinski definition) is 5. The van der Waals surface area contributed by atoms with Gasteiger partial charge in [-0.05, 0) is 25.3 Å². The topological polar surface area (TPSA) is 61.8 Å². The van der Waals surface area contributed by atoms with Crippen molar-refractivity contribution in [2.75, 3.05) is 20.3 Å². The van der Waals surface area contributed by atoms with Crippen LogP contribution in [0.15, 0.2) is 24.3 Å². The second-order valence-corrected chi connectivity index (χ2v) is 4.46. The van der Waals surface area contributed by atoms with Crippen molar-refractivity contribution in [1.29, 1.82) is 0 Å². The normalized spacial score (nSPS) is 19.6. The number of ether oxygens (including phenoxy) is 3. The number of carbonyl (C=O) groups excluding carboxylic acids is 2. The average molecular weight is 282 g/mol. The Bertz CT molecular complexity index is 353. The highest BCUT2D eigenvalue weighted by atomic mass is 16.7. The summed E-state index contributed by atoms with van der Waals surface area (Å²) in [7, 11) is 1.31. The van der Waals surface area contributed by atoms with Gasteiger partial charge in [-0.1, -0.05) is 18.2 Å². The van der Waals surface area contributed by atoms with E-state index in [1.807, 2.05) is 6.08 Å². The Morgan fingerprint density at radius 1 is 1.25 bits per heavy atom. The van der Waals surface area contributed by atoms with Gasteiger partial charge in [-0.25, -0.2) is 0 Å². The van der Waals surface area contributed by atoms with Crippen molar-refractivity contribution in [3.8, 4) is 0 Å². The molecule has 0 aromatic heterocycles. The molecule has 1 heterocycles. The first kappa shape index (κ1) is 16.6. The number of carbonyl (C=O) groups is 2. The van der Waals surface area contributed by atoms with Gasteiger partial charge in [-0.2, -0.15) is 0 Å². The molecule has 0 saturated carbocycles. The summed E-state index contributed by atoms with van der Waals surface area (Å²) < 4.78 is 15.4. The Hall–Kier alpha value is -1.46. The Balaban J connectivity index is 2.08. The predicted octanol–water partition coefficient (Wildman–Crippen LogP) is 2.16. The molecule has 0 spiro atoms. The summed E-state index contributed by atoms with van der Waals surface area (Å²) in [6.07, 6.45) is 10.0. The largest absolute Gasteiger partial charge is 0.469 e. The van der Waals surface area contributed by atoms with Gasteiger partial charge < -0.3 is 14.2 Å². The van der Waals surface area contributed by atoms with Crippen LogP contribution in [0.5, 0.6) is 0 Å². The van der Waals surface area contributed by atoms with E-state index in [0.29, 0.717) is 6.61 Å². The fourth-order valence-corrected chi connectivity index (χ4v) is 1.71. The molecule has 1 saturated heterocycles. The fourth-order valence-electron chi connectivity index (χ4n) is 1.71. The van der Waals surface area contributed by atoms with Crippen LogP contribution in [0.25, 0.3) is 0 Å². The van der Waals surface area contributed by atoms with Gasteiger partial charge in [-0.15, -0.1) is 0 Å². The first-order valence-corrected chi connectivity index (χ1v) is 6.88. The van der Waals surface area contributed by atoms with Crippen LogP contribution in [0.3, 0.4) is 0 Å². The van der Waals surface area contributed by atoms with Crippen LogP contribution in [0, 0.1) is 0 Å². The highest BCUT2D eigenvalue weighted by Crippen LogP contribution is 2.13. The van der Waals surface area contributed by atoms with E-state index < -0.39 is 0 Å². The highest BCUT2D eigenvalue weighted by molar-refractivity contribution is 5.91. The van der Waals surface area contributed by atoms with E-state index in [1.165, 1.54) is 13.2 Å². The molecule has 5 heteroatoms. The Kier molecular flexibility index (Phi) is 8.58. The van der Waals surface area contributed by atoms with Gasteiger partial charge in [0.1, 0.15) is 0 Å². The summed E-state index contributed by atoms with van der Waals surface area (Å²) in [5.74, 6) is -0.472. The van der Waals surface area contributed by atoms with E-state index in [2.05, 4.69) is 4.74 Å². The number of rotatable bonds is 8. The molecule has 0 N–H and O–H groups in total. The summed E-state index contributed by atoms with van der Waals surface area (Å²) in [6.45, 7) is 1.23. The van der Waals surface area contributed by atoms with Crippen molar-refractivity contribution in [1.82, 2.24) is 0 Å². The summed E-state index contributed by atoms with van der Waals surface area (Å²) in [4.78, 5) is 22.2. The summed E-state index contributed by atoms with van der Waals surface area (Å²) >= 11 is 0. The molecule has 20 heavy (non-hydrogen) atoms. The van der Waals surface area contributed by atoms with Gasteiger partial charge in [-0.3, -0.25) is 9.59 Å². The third-order valence-corrected chi connectivity index (χ3v) is 2.85. The number of esters is 1. The van der Waals surface area contributed by atoms with Crippen LogP contribution in [0.4, 0.5) is 0 Å². The zero-order valence-electron chi connectivity index (χ0n) is 11.9. The van der Waals surface area contributed by atoms with E-state index in [4.69, 9.17) is 9.47 Å². The van der Waals surface area contributed by atoms with Crippen LogP contribution >= 0.6 is 0 Å². The SMILES string of the molecule is COC(=O)CCC(=O)/C=C/C=C/COC1CCCCO1. The van der Waals surface area contributed by atoms with Gasteiger partial charge in [0.2, 0.25) is 0 Å². The number of hydrogen-bond donors (Lipinski definition) is 0. The average Bonchev–Trinajstić information content (AvgIpc) is 2.49. The minimum Gasteiger partial charge on any atom is -0.469 e. The molecule has 0 aromatic rings. The molecule has 112 valence electrons. The Labute approximate surface area is 119 Å². The van der Waals surface area contributed by atoms with Crippen molar-refractivity contribution in [3.63, 3.8) is 0 Å². The summed E-state index contributed by atoms with van der Waals surface area (Å²) in [6, 6.07) is 0. The van der Waals surface area contributed by atoms with Crippen molar-refractivity contribution >= 4 is 11.8 Å². The molecule has 0 aliphatic carbocycles. The molecule has 1 rings (SSSR count). The third-order valence-electron chi connectivity index (χ3n) is 2.85. The molecular weight excluding hydrogens is 260 g/mol. The van der Waals surface area contributed by atoms with Gasteiger partial charge in [0, 0.05) is 13.0 Å². The monoisotopic (exact) mass is 282 g/mol. The quantitative estimate of drug-likeness (QED) is 0.388. The first-order valence-electron chi connectivity index (χ1n) is 6.88. The van der Waals surface area contributed by atoms with E-state index in [9.17, 15) is 9.59 Å². The van der Waals surface area contributed by atoms with Crippen molar-refractivity contribution in [2.45, 2.75) is 38.4 Å². The van der Waals surface area contributed by atoms with Crippen LogP contribution < -0.4 is 0 Å². The molecule has 1 unspecified atom stereocenters. The summed E-state index contributed by atoms with van der Waals surface area (Å²) in [5.41, 5.74) is 0. The molecule has 1 aliphatic heterocycles. The first-order chi connectivity index (χ1) is 9.72. The minimum absolute atomic E-state index is 0.0981. The molecule has 1 atom stereocenters. The molecule has 1 fully saturated rings. The van der Waals surface area contributed by atoms with E-state index in [0.717, 1.165) is 25.9 Å². The smallest absolute Gasteiger partial charge is 0.305 e. The molecule has 5 nitrogen and oxygen atoms in total. The molecular formula is C15H22O5. The standard InChI is InChI=1S/C15H22O5/c1-18-14(17)10-9-13(16)7-3-2-5-11-19-15-8-4-6-12-20-15/h2-3,5,7,15H,4,6,8-12H2,1H3/b5-2+,7-3+. The molecule has 1 aliphatic rings. The van der Waals surface area contributed by atoms with Crippen LogP contribution in [0.2, 0.25) is 0 Å². The molecule has 0 aromatic carbocycles. The zero-order valence-corrected chi connectivity index (χ0v) is 11.9. The number of allylic oxidation sites excluding steroid dienone is 3. The minimum atomic E-state index is -0.372. The number of ketones is 1. The second kappa shape index (κ2) is 10.3. The van der Waals surface area contributed by atoms with Gasteiger partial charge in [0.05, 0.1) is 20.1 Å². The van der Waals surface area contributed by atoms with Crippen molar-refractivity contribution in [3.05, 3.63) is 24.3 Å². The highest BCUT2D eigenvalue weighted by Gasteiger charge is 2.12. The zero-order chi connectivity index (χ0) is 14.6. The maximum absolute atomic E-state index is 11.4. The lowest BCUT2D eigenvalue weighted by atomic mass is 10.2. The maximum Gasteiger partial charge on any atom is 0.305 e. The van der Waals surface area contributed by atoms with E-state index >= 15 is 0 Å². The van der Waals surface area contributed by atoms with Crippen LogP contribution in [-0.2, 0) is 23.8 Å². The van der Waals surface area contributed by atoms with Crippen molar-refractivity contribution in [2.24, 2.45) is 0 Å². The van der Waals surface area contributed by atoms with Gasteiger partial charge >= 0.3 is 5.97 Å². The van der Waals surface area contributed by atoms with Gasteiger partial charge in [0.25, 0.3) is 0 Å². The predicted molar refractivity (Wildman–Crippen MR) is 74.1 cm³/mol. The molecule has 0 radical (unpaired) electrons. The Morgan fingerprint density at radius 2 is 2.10 bits per heavy atom. The van der Waals surface area contributed by atoms with E-state index in [1.54, 1.807) is 12.2 Å². The fraction of sp³-hybridized carbons (Fsp3) is 0.600. The lowest BCUT2D eigenvalue weighted by Crippen LogP contribution is -2.22. The maximum atomic E-state index is 11.4. The van der Waals surface area contributed by atoms with Crippen LogP contribution in [-0.4, -0.2) is 38.4 Å². The second-order valence-electron chi connectivity index (χ2n) is 4.46. The van der Waals surface area contributed by atoms with E-state index in [-0.39, 0.29) is 30.9 Å². The lowest BCUT2D eigenvalue weighted by Gasteiger charge is -2.21. The van der Waals surface area contributed by atoms with Crippen molar-refractivity contribution < 1.29 is 23.8 Å². The number of methoxy groups -OCH3 is 1. The molecule has 0 bridgehead atoms. The van der Waals surface area contributed by atoms with Gasteiger partial charge in [0.15, 0.2) is 12.1 Å². The lowest BCUT2D eigenvalue weighted by molar-refractivity contribution is -0.155. The van der Waals surface area contributed by atoms with Crippen LogP contribution in [0.1, 0.15) is 32.1 Å². The third kappa shape index (κ3) is 7.86.